The van der Waals surface area contributed by atoms with Crippen molar-refractivity contribution in [2.75, 3.05) is 89.7 Å². The molecule has 12 aromatic rings. The highest BCUT2D eigenvalue weighted by atomic mass is 35.5. The van der Waals surface area contributed by atoms with E-state index in [2.05, 4.69) is 54.5 Å². The van der Waals surface area contributed by atoms with Crippen molar-refractivity contribution in [1.29, 1.82) is 0 Å². The molecule has 3 saturated heterocycles. The largest absolute Gasteiger partial charge is 0.486 e. The van der Waals surface area contributed by atoms with Gasteiger partial charge in [0, 0.05) is 125 Å². The quantitative estimate of drug-likeness (QED) is 0.0371. The molecule has 0 bridgehead atoms. The highest BCUT2D eigenvalue weighted by Crippen LogP contribution is 2.55. The van der Waals surface area contributed by atoms with Crippen LogP contribution >= 0.6 is 104 Å². The Morgan fingerprint density at radius 3 is 1.03 bits per heavy atom. The maximum atomic E-state index is 17.7. The minimum absolute atomic E-state index is 0.0151. The predicted molar refractivity (Wildman–Crippen MR) is 574 cm³/mol. The van der Waals surface area contributed by atoms with Crippen molar-refractivity contribution in [3.8, 4) is 56.2 Å². The third-order valence-corrected chi connectivity index (χ3v) is 30.7. The van der Waals surface area contributed by atoms with E-state index in [0.29, 0.717) is 108 Å². The Bertz CT molecular complexity index is 7660. The zero-order chi connectivity index (χ0) is 107. The van der Waals surface area contributed by atoms with Crippen molar-refractivity contribution in [2.45, 2.75) is 195 Å². The zero-order valence-electron chi connectivity index (χ0n) is 82.9. The van der Waals surface area contributed by atoms with E-state index < -0.39 is 102 Å². The summed E-state index contributed by atoms with van der Waals surface area (Å²) in [5, 5.41) is -1.38. The SMILES string of the molecule is C=CC(=O)N1CC2C(=O)N(C)c3c(c4cc(Cl)c(-c5c(N)c(Cl)cc(Cl)c5F)c(F)c4n(-c4c(C(C)C)ncnc4C(C)C)c3=O)N2CC1C.C=CC(=O)N1CC2CCOc3c(c4cc(Cl)c(-c5c(N)c(Cl)cc(Cl)c5F)c(F)c4n(-c4c(C(C)C)ncnc4C(C)C)c3=O)N2CC1C.C=CC(=O)N1CC2CCc3c(c4cc(Cl)c(-c5c(N)c(Cl)cc(Cl)c5F)c(F)c4n(-c4c(C(C)C)ncnc4C(C)C)c3=O)N2CC1C. The summed E-state index contributed by atoms with van der Waals surface area (Å²) in [6.45, 7) is 41.0. The number of pyridine rings is 3. The summed E-state index contributed by atoms with van der Waals surface area (Å²) in [5.41, 5.74) is 18.1. The Balaban J connectivity index is 0.000000158. The fourth-order valence-corrected chi connectivity index (χ4v) is 23.3. The lowest BCUT2D eigenvalue weighted by Crippen LogP contribution is -2.66. The first-order chi connectivity index (χ1) is 69.4. The fraction of sp³-hybridized carbons (Fsp3) is 0.362. The van der Waals surface area contributed by atoms with Crippen molar-refractivity contribution in [3.63, 3.8) is 0 Å². The zero-order valence-corrected chi connectivity index (χ0v) is 89.7. The summed E-state index contributed by atoms with van der Waals surface area (Å²) < 4.78 is 110. The van der Waals surface area contributed by atoms with Crippen LogP contribution in [0, 0.1) is 34.9 Å². The third kappa shape index (κ3) is 18.1. The summed E-state index contributed by atoms with van der Waals surface area (Å²) in [5.74, 6) is -8.72. The van der Waals surface area contributed by atoms with Gasteiger partial charge in [-0.3, -0.25) is 47.3 Å². The molecular weight excluding hydrogens is 2090 g/mol. The summed E-state index contributed by atoms with van der Waals surface area (Å²) in [7, 11) is 1.46. The van der Waals surface area contributed by atoms with Crippen LogP contribution in [-0.2, 0) is 25.6 Å². The molecule has 147 heavy (non-hydrogen) atoms. The molecule has 6 aromatic heterocycles. The van der Waals surface area contributed by atoms with Gasteiger partial charge in [-0.15, -0.1) is 0 Å². The van der Waals surface area contributed by atoms with Crippen LogP contribution < -0.4 is 58.2 Å². The lowest BCUT2D eigenvalue weighted by Gasteiger charge is -2.50. The standard InChI is InChI=1S/C35H34Cl3F2N7O3.C35H35Cl3F2N6O3.C35H35Cl3F2N6O2/c1-8-22(48)45-12-21-34(49)44(7)33-31(46(21)11-16(45)6)17-9-18(36)23(24-25(39)19(37)10-20(38)27(24)41)26(40)30(17)47(35(33)50)32-28(14(2)3)42-13-43-29(32)15(4)5;1-7-23(47)44-13-18-8-9-49-34-32(45(18)12-17(44)6)19-10-20(36)24(25-26(39)21(37)11-22(38)28(25)41)27(40)31(19)46(35(34)48)33-29(15(2)3)42-14-43-30(33)16(4)5;1-7-24(47)44-13-18-8-9-19-32(45(18)12-17(44)6)20-10-21(36)25(26-27(39)22(37)11-23(38)29(26)41)28(40)33(20)46(35(19)48)34-30(15(2)3)42-14-43-31(34)16(4)5/h8-10,13-16,21H,1,11-12,41H2,2-7H3;7,10-11,14-18H,1,8-9,12-13,41H2,2-6H3;7,10-11,14-18H,1,8-9,12-13,41H2,2-6H3. The number of fused-ring (bicyclic) bond motifs is 15. The average molecular weight is 2190 g/mol. The van der Waals surface area contributed by atoms with Crippen LogP contribution in [-0.4, -0.2) is 171 Å². The topological polar surface area (TPSA) is 322 Å². The number of nitrogens with zero attached hydrogens (tertiary/aromatic N) is 16. The molecule has 6 N–H and O–H groups in total. The summed E-state index contributed by atoms with van der Waals surface area (Å²) in [6, 6.07) is 5.46. The Hall–Kier alpha value is -11.9. The number of likely N-dealkylation sites (N-methyl/N-ethyl adjacent to an activating group) is 1. The van der Waals surface area contributed by atoms with Gasteiger partial charge in [0.1, 0.15) is 30.7 Å². The second-order valence-electron chi connectivity index (χ2n) is 39.2. The minimum atomic E-state index is -1.09. The van der Waals surface area contributed by atoms with Crippen LogP contribution in [0.5, 0.6) is 5.75 Å². The number of carbonyl (C=O) groups is 4. The number of amides is 4. The number of hydrogen-bond acceptors (Lipinski definition) is 20. The number of rotatable bonds is 15. The molecule has 0 spiro atoms. The van der Waals surface area contributed by atoms with E-state index in [1.54, 1.807) is 27.7 Å². The molecule has 772 valence electrons. The van der Waals surface area contributed by atoms with Crippen LogP contribution in [0.2, 0.25) is 45.2 Å². The van der Waals surface area contributed by atoms with E-state index in [9.17, 15) is 28.8 Å². The molecule has 27 nitrogen and oxygen atoms in total. The molecule has 6 aliphatic heterocycles. The van der Waals surface area contributed by atoms with Crippen LogP contribution in [0.1, 0.15) is 192 Å². The molecule has 4 amide bonds. The van der Waals surface area contributed by atoms with E-state index in [0.717, 1.165) is 22.8 Å². The molecular formula is C105H104Cl9F6N19O8. The Kier molecular flexibility index (Phi) is 30.5. The van der Waals surface area contributed by atoms with Gasteiger partial charge >= 0.3 is 0 Å². The van der Waals surface area contributed by atoms with Crippen LogP contribution in [0.15, 0.2) is 108 Å². The molecule has 6 aromatic carbocycles. The van der Waals surface area contributed by atoms with Crippen LogP contribution in [0.4, 0.5) is 66.2 Å². The van der Waals surface area contributed by atoms with Gasteiger partial charge in [-0.1, -0.05) is 207 Å². The Labute approximate surface area is 887 Å². The highest BCUT2D eigenvalue weighted by molar-refractivity contribution is 6.41. The Morgan fingerprint density at radius 1 is 0.374 bits per heavy atom. The maximum absolute atomic E-state index is 17.7. The lowest BCUT2D eigenvalue weighted by atomic mass is 9.89. The second kappa shape index (κ2) is 41.5. The summed E-state index contributed by atoms with van der Waals surface area (Å²) in [6.07, 6.45) is 9.39. The van der Waals surface area contributed by atoms with Crippen LogP contribution in [0.25, 0.3) is 83.2 Å². The van der Waals surface area contributed by atoms with Gasteiger partial charge in [0.2, 0.25) is 23.5 Å². The van der Waals surface area contributed by atoms with Crippen molar-refractivity contribution >= 4 is 201 Å². The average Bonchev–Trinajstić information content (AvgIpc) is 1.08. The Morgan fingerprint density at radius 2 is 0.680 bits per heavy atom. The second-order valence-corrected chi connectivity index (χ2v) is 42.8. The number of nitrogens with two attached hydrogens (primary N) is 3. The molecule has 3 fully saturated rings. The number of nitrogen functional groups attached to an aromatic ring is 3. The number of piperazine rings is 3. The molecule has 42 heteroatoms. The maximum Gasteiger partial charge on any atom is 0.300 e. The normalized spacial score (nSPS) is 17.6. The number of hydrogen-bond donors (Lipinski definition) is 3. The first-order valence-electron chi connectivity index (χ1n) is 47.6. The molecule has 0 aliphatic carbocycles. The molecule has 6 unspecified atom stereocenters. The monoisotopic (exact) mass is 2190 g/mol. The van der Waals surface area contributed by atoms with Gasteiger partial charge in [-0.25, -0.2) is 56.2 Å². The van der Waals surface area contributed by atoms with Gasteiger partial charge in [-0.05, 0) is 124 Å². The van der Waals surface area contributed by atoms with E-state index in [1.807, 2.05) is 102 Å². The van der Waals surface area contributed by atoms with Gasteiger partial charge in [0.15, 0.2) is 34.9 Å². The van der Waals surface area contributed by atoms with Crippen molar-refractivity contribution in [3.05, 3.63) is 244 Å². The fourth-order valence-electron chi connectivity index (χ4n) is 21.0. The summed E-state index contributed by atoms with van der Waals surface area (Å²) in [4.78, 5) is 136. The molecule has 6 aliphatic rings. The van der Waals surface area contributed by atoms with E-state index in [1.165, 1.54) is 75.3 Å². The predicted octanol–water partition coefficient (Wildman–Crippen LogP) is 23.0. The lowest BCUT2D eigenvalue weighted by molar-refractivity contribution is -0.131. The molecule has 0 radical (unpaired) electrons. The molecule has 18 rings (SSSR count). The first kappa shape index (κ1) is 108. The van der Waals surface area contributed by atoms with Gasteiger partial charge < -0.3 is 56.2 Å². The summed E-state index contributed by atoms with van der Waals surface area (Å²) >= 11 is 58.0. The number of carbonyl (C=O) groups excluding carboxylic acids is 4. The first-order valence-corrected chi connectivity index (χ1v) is 51.0. The van der Waals surface area contributed by atoms with Crippen molar-refractivity contribution in [1.82, 2.24) is 58.3 Å². The number of aromatic nitrogens is 9. The molecule has 12 heterocycles. The van der Waals surface area contributed by atoms with Crippen molar-refractivity contribution < 1.29 is 50.3 Å². The number of halogens is 15. The number of anilines is 7. The molecule has 6 atom stereocenters. The smallest absolute Gasteiger partial charge is 0.300 e. The van der Waals surface area contributed by atoms with Gasteiger partial charge in [-0.2, -0.15) is 0 Å². The van der Waals surface area contributed by atoms with Gasteiger partial charge in [0.05, 0.1) is 166 Å². The molecule has 0 saturated carbocycles. The van der Waals surface area contributed by atoms with E-state index >= 15 is 31.1 Å². The van der Waals surface area contributed by atoms with Gasteiger partial charge in [0.25, 0.3) is 22.6 Å². The van der Waals surface area contributed by atoms with E-state index in [4.69, 9.17) is 126 Å². The van der Waals surface area contributed by atoms with E-state index in [-0.39, 0.29) is 216 Å². The number of benzene rings is 6. The third-order valence-electron chi connectivity index (χ3n) is 28.0. The van der Waals surface area contributed by atoms with Crippen LogP contribution in [0.3, 0.4) is 0 Å². The highest BCUT2D eigenvalue weighted by Gasteiger charge is 2.49. The minimum Gasteiger partial charge on any atom is -0.486 e. The van der Waals surface area contributed by atoms with Crippen molar-refractivity contribution in [2.24, 2.45) is 0 Å². The number of ether oxygens (including phenoxy) is 1.